The molecule has 1 aromatic rings. The molecule has 0 radical (unpaired) electrons. The standard InChI is InChI=1S/C12H14F2N2O/c1-8-12(17)16(7-10(13)14)11(15-8)9-5-3-2-4-6-9/h2-6,8,10-11,15H,7H2,1H3. The number of benzene rings is 1. The smallest absolute Gasteiger partial charge is 0.255 e. The largest absolute Gasteiger partial charge is 0.316 e. The molecule has 2 rings (SSSR count). The van der Waals surface area contributed by atoms with Crippen LogP contribution in [0, 0.1) is 0 Å². The number of halogens is 2. The minimum atomic E-state index is -2.52. The summed E-state index contributed by atoms with van der Waals surface area (Å²) in [6, 6.07) is 8.72. The van der Waals surface area contributed by atoms with Crippen molar-refractivity contribution in [1.82, 2.24) is 10.2 Å². The van der Waals surface area contributed by atoms with Crippen LogP contribution < -0.4 is 5.32 Å². The molecule has 5 heteroatoms. The number of nitrogens with one attached hydrogen (secondary N) is 1. The third-order valence-corrected chi connectivity index (χ3v) is 2.82. The molecule has 1 aromatic carbocycles. The zero-order valence-corrected chi connectivity index (χ0v) is 9.44. The van der Waals surface area contributed by atoms with Crippen molar-refractivity contribution in [2.75, 3.05) is 6.54 Å². The molecule has 92 valence electrons. The van der Waals surface area contributed by atoms with Gasteiger partial charge in [-0.3, -0.25) is 10.1 Å². The Kier molecular flexibility index (Phi) is 3.38. The summed E-state index contributed by atoms with van der Waals surface area (Å²) in [7, 11) is 0. The van der Waals surface area contributed by atoms with Crippen LogP contribution in [0.5, 0.6) is 0 Å². The first kappa shape index (κ1) is 12.0. The summed E-state index contributed by atoms with van der Waals surface area (Å²) in [5.41, 5.74) is 0.825. The molecular formula is C12H14F2N2O. The maximum Gasteiger partial charge on any atom is 0.255 e. The van der Waals surface area contributed by atoms with Gasteiger partial charge in [0.05, 0.1) is 12.6 Å². The predicted octanol–water partition coefficient (Wildman–Crippen LogP) is 1.77. The molecule has 1 N–H and O–H groups in total. The lowest BCUT2D eigenvalue weighted by atomic mass is 10.1. The number of hydrogen-bond donors (Lipinski definition) is 1. The van der Waals surface area contributed by atoms with Gasteiger partial charge in [0.25, 0.3) is 6.43 Å². The first-order chi connectivity index (χ1) is 8.09. The van der Waals surface area contributed by atoms with E-state index in [0.29, 0.717) is 0 Å². The molecule has 1 aliphatic rings. The van der Waals surface area contributed by atoms with Gasteiger partial charge in [-0.25, -0.2) is 8.78 Å². The lowest BCUT2D eigenvalue weighted by Crippen LogP contribution is -2.34. The Morgan fingerprint density at radius 1 is 1.35 bits per heavy atom. The van der Waals surface area contributed by atoms with Gasteiger partial charge in [0.15, 0.2) is 0 Å². The second kappa shape index (κ2) is 4.79. The van der Waals surface area contributed by atoms with Gasteiger partial charge in [-0.2, -0.15) is 0 Å². The predicted molar refractivity (Wildman–Crippen MR) is 59.5 cm³/mol. The van der Waals surface area contributed by atoms with Gasteiger partial charge in [-0.05, 0) is 12.5 Å². The average Bonchev–Trinajstić information content (AvgIpc) is 2.58. The first-order valence-corrected chi connectivity index (χ1v) is 5.49. The molecule has 3 nitrogen and oxygen atoms in total. The number of alkyl halides is 2. The van der Waals surface area contributed by atoms with Gasteiger partial charge in [0.2, 0.25) is 5.91 Å². The molecule has 0 spiro atoms. The van der Waals surface area contributed by atoms with Gasteiger partial charge in [0.1, 0.15) is 6.17 Å². The lowest BCUT2D eigenvalue weighted by Gasteiger charge is -2.24. The number of carbonyl (C=O) groups is 1. The van der Waals surface area contributed by atoms with Crippen LogP contribution in [0.3, 0.4) is 0 Å². The van der Waals surface area contributed by atoms with Crippen LogP contribution in [0.2, 0.25) is 0 Å². The normalized spacial score (nSPS) is 24.7. The quantitative estimate of drug-likeness (QED) is 0.873. The highest BCUT2D eigenvalue weighted by molar-refractivity contribution is 5.84. The fourth-order valence-corrected chi connectivity index (χ4v) is 2.03. The van der Waals surface area contributed by atoms with Crippen LogP contribution in [0.1, 0.15) is 18.7 Å². The molecule has 17 heavy (non-hydrogen) atoms. The number of hydrogen-bond acceptors (Lipinski definition) is 2. The van der Waals surface area contributed by atoms with Crippen molar-refractivity contribution < 1.29 is 13.6 Å². The monoisotopic (exact) mass is 240 g/mol. The summed E-state index contributed by atoms with van der Waals surface area (Å²) in [5.74, 6) is -0.279. The average molecular weight is 240 g/mol. The van der Waals surface area contributed by atoms with Crippen LogP contribution >= 0.6 is 0 Å². The third-order valence-electron chi connectivity index (χ3n) is 2.82. The van der Waals surface area contributed by atoms with Crippen molar-refractivity contribution in [2.45, 2.75) is 25.6 Å². The van der Waals surface area contributed by atoms with Gasteiger partial charge >= 0.3 is 0 Å². The molecule has 0 aromatic heterocycles. The zero-order valence-electron chi connectivity index (χ0n) is 9.44. The Morgan fingerprint density at radius 2 is 2.00 bits per heavy atom. The van der Waals surface area contributed by atoms with E-state index in [1.165, 1.54) is 4.90 Å². The third kappa shape index (κ3) is 2.44. The summed E-state index contributed by atoms with van der Waals surface area (Å²) in [4.78, 5) is 13.0. The minimum absolute atomic E-state index is 0.279. The van der Waals surface area contributed by atoms with E-state index in [9.17, 15) is 13.6 Å². The van der Waals surface area contributed by atoms with E-state index in [0.717, 1.165) is 5.56 Å². The number of nitrogens with zero attached hydrogens (tertiary/aromatic N) is 1. The molecule has 2 atom stereocenters. The van der Waals surface area contributed by atoms with Crippen molar-refractivity contribution in [3.8, 4) is 0 Å². The van der Waals surface area contributed by atoms with E-state index in [2.05, 4.69) is 5.32 Å². The Morgan fingerprint density at radius 3 is 2.59 bits per heavy atom. The van der Waals surface area contributed by atoms with Crippen LogP contribution in [0.4, 0.5) is 8.78 Å². The maximum absolute atomic E-state index is 12.5. The Balaban J connectivity index is 2.23. The SMILES string of the molecule is CC1NC(c2ccccc2)N(CC(F)F)C1=O. The van der Waals surface area contributed by atoms with E-state index in [1.807, 2.05) is 30.3 Å². The molecule has 1 fully saturated rings. The van der Waals surface area contributed by atoms with E-state index in [-0.39, 0.29) is 5.91 Å². The summed E-state index contributed by atoms with van der Waals surface area (Å²) in [6.45, 7) is 1.15. The summed E-state index contributed by atoms with van der Waals surface area (Å²) >= 11 is 0. The first-order valence-electron chi connectivity index (χ1n) is 5.49. The number of carbonyl (C=O) groups excluding carboxylic acids is 1. The topological polar surface area (TPSA) is 32.3 Å². The van der Waals surface area contributed by atoms with Crippen molar-refractivity contribution in [3.05, 3.63) is 35.9 Å². The molecule has 1 aliphatic heterocycles. The fourth-order valence-electron chi connectivity index (χ4n) is 2.03. The van der Waals surface area contributed by atoms with Gasteiger partial charge in [-0.1, -0.05) is 30.3 Å². The Bertz CT molecular complexity index is 397. The summed E-state index contributed by atoms with van der Waals surface area (Å²) in [6.07, 6.45) is -2.97. The van der Waals surface area contributed by atoms with Crippen molar-refractivity contribution in [3.63, 3.8) is 0 Å². The minimum Gasteiger partial charge on any atom is -0.316 e. The number of amides is 1. The molecule has 2 unspecified atom stereocenters. The van der Waals surface area contributed by atoms with Crippen molar-refractivity contribution in [1.29, 1.82) is 0 Å². The molecule has 0 bridgehead atoms. The highest BCUT2D eigenvalue weighted by atomic mass is 19.3. The molecule has 1 heterocycles. The van der Waals surface area contributed by atoms with Gasteiger partial charge in [0, 0.05) is 0 Å². The fraction of sp³-hybridized carbons (Fsp3) is 0.417. The summed E-state index contributed by atoms with van der Waals surface area (Å²) in [5, 5.41) is 3.02. The maximum atomic E-state index is 12.5. The zero-order chi connectivity index (χ0) is 12.4. The van der Waals surface area contributed by atoms with E-state index in [1.54, 1.807) is 6.92 Å². The summed E-state index contributed by atoms with van der Waals surface area (Å²) < 4.78 is 24.9. The molecule has 1 amide bonds. The highest BCUT2D eigenvalue weighted by Gasteiger charge is 2.38. The highest BCUT2D eigenvalue weighted by Crippen LogP contribution is 2.25. The second-order valence-corrected chi connectivity index (χ2v) is 4.08. The van der Waals surface area contributed by atoms with Crippen molar-refractivity contribution in [2.24, 2.45) is 0 Å². The molecular weight excluding hydrogens is 226 g/mol. The van der Waals surface area contributed by atoms with Gasteiger partial charge < -0.3 is 4.90 Å². The van der Waals surface area contributed by atoms with E-state index >= 15 is 0 Å². The molecule has 1 saturated heterocycles. The van der Waals surface area contributed by atoms with Crippen LogP contribution in [-0.4, -0.2) is 29.8 Å². The van der Waals surface area contributed by atoms with Crippen LogP contribution in [0.15, 0.2) is 30.3 Å². The van der Waals surface area contributed by atoms with Crippen LogP contribution in [-0.2, 0) is 4.79 Å². The van der Waals surface area contributed by atoms with Crippen LogP contribution in [0.25, 0.3) is 0 Å². The Hall–Kier alpha value is -1.49. The van der Waals surface area contributed by atoms with Crippen molar-refractivity contribution >= 4 is 5.91 Å². The molecule has 0 saturated carbocycles. The number of rotatable bonds is 3. The van der Waals surface area contributed by atoms with E-state index in [4.69, 9.17) is 0 Å². The lowest BCUT2D eigenvalue weighted by molar-refractivity contribution is -0.131. The molecule has 0 aliphatic carbocycles. The second-order valence-electron chi connectivity index (χ2n) is 4.08. The van der Waals surface area contributed by atoms with E-state index < -0.39 is 25.2 Å². The van der Waals surface area contributed by atoms with Gasteiger partial charge in [-0.15, -0.1) is 0 Å². The Labute approximate surface area is 98.4 Å².